The quantitative estimate of drug-likeness (QED) is 0.145. The lowest BCUT2D eigenvalue weighted by molar-refractivity contribution is -0.137. The molecule has 1 N–H and O–H groups in total. The molecular formula is C41H47NO7Si. The van der Waals surface area contributed by atoms with Gasteiger partial charge in [-0.2, -0.15) is 4.90 Å². The van der Waals surface area contributed by atoms with Crippen LogP contribution in [0.1, 0.15) is 58.9 Å². The molecule has 0 radical (unpaired) electrons. The van der Waals surface area contributed by atoms with E-state index in [1.165, 1.54) is 12.7 Å². The number of fused-ring (bicyclic) bond motifs is 3. The van der Waals surface area contributed by atoms with Crippen molar-refractivity contribution in [2.75, 3.05) is 20.3 Å². The van der Waals surface area contributed by atoms with E-state index in [9.17, 15) is 19.5 Å². The predicted octanol–water partition coefficient (Wildman–Crippen LogP) is 6.63. The number of methoxy groups -OCH3 is 1. The van der Waals surface area contributed by atoms with Gasteiger partial charge in [0.05, 0.1) is 38.3 Å². The van der Waals surface area contributed by atoms with Crippen molar-refractivity contribution < 1.29 is 33.4 Å². The number of benzene rings is 3. The van der Waals surface area contributed by atoms with E-state index in [1.807, 2.05) is 24.3 Å². The average molecular weight is 694 g/mol. The molecule has 2 aliphatic heterocycles. The Hall–Kier alpha value is -4.31. The molecule has 9 heteroatoms. The Morgan fingerprint density at radius 3 is 2.12 bits per heavy atom. The summed E-state index contributed by atoms with van der Waals surface area (Å²) in [6.07, 6.45) is 3.59. The number of phenolic OH excluding ortho intramolecular Hbond substituents is 1. The molecule has 2 fully saturated rings. The predicted molar refractivity (Wildman–Crippen MR) is 195 cm³/mol. The first kappa shape index (κ1) is 35.5. The highest BCUT2D eigenvalue weighted by Gasteiger charge is 2.59. The molecule has 0 spiro atoms. The molecule has 3 amide bonds. The SMILES string of the molecule is CC/C(=C\c1ccc(O)cc1)CC[C@H]1OC[C@H]2C1=C(CO[Si](c1ccccc1)(c1ccccc1)C(C)(C)C)C[C@H]1C(=O)N(C(=O)OC)C(=O)[C@H]12. The van der Waals surface area contributed by atoms with Gasteiger partial charge in [0.15, 0.2) is 0 Å². The second-order valence-corrected chi connectivity index (χ2v) is 18.8. The highest BCUT2D eigenvalue weighted by molar-refractivity contribution is 6.99. The zero-order valence-corrected chi connectivity index (χ0v) is 30.6. The molecule has 0 bridgehead atoms. The van der Waals surface area contributed by atoms with Gasteiger partial charge in [-0.1, -0.05) is 112 Å². The molecule has 3 aromatic rings. The minimum Gasteiger partial charge on any atom is -0.508 e. The summed E-state index contributed by atoms with van der Waals surface area (Å²) >= 11 is 0. The summed E-state index contributed by atoms with van der Waals surface area (Å²) in [5.74, 6) is -2.50. The maximum absolute atomic E-state index is 13.7. The van der Waals surface area contributed by atoms with Crippen LogP contribution >= 0.6 is 0 Å². The number of amides is 3. The standard InChI is InChI=1S/C41H47NO7Si/c1-6-27(23-28-17-20-30(43)21-18-28)19-22-35-36-29(24-33-37(34(36)26-48-35)39(45)42(38(33)44)40(46)47-5)25-49-50(41(2,3)4,31-13-9-7-10-14-31)32-15-11-8-12-16-32/h7-18,20-21,23,33-35,37,43H,6,19,22,24-26H2,1-5H3/b27-23+/t33-,34+,35-,37-/m1/s1. The molecule has 3 aliphatic rings. The van der Waals surface area contributed by atoms with Crippen LogP contribution in [0.15, 0.2) is 102 Å². The van der Waals surface area contributed by atoms with Crippen LogP contribution in [0.5, 0.6) is 5.75 Å². The fourth-order valence-corrected chi connectivity index (χ4v) is 12.9. The third-order valence-electron chi connectivity index (χ3n) is 10.7. The van der Waals surface area contributed by atoms with Crippen LogP contribution in [0.3, 0.4) is 0 Å². The number of likely N-dealkylation sites (tertiary alicyclic amines) is 1. The molecule has 0 aromatic heterocycles. The molecule has 262 valence electrons. The van der Waals surface area contributed by atoms with Gasteiger partial charge in [0.1, 0.15) is 5.75 Å². The molecular weight excluding hydrogens is 647 g/mol. The lowest BCUT2D eigenvalue weighted by Crippen LogP contribution is -2.66. The van der Waals surface area contributed by atoms with Crippen molar-refractivity contribution in [1.29, 1.82) is 0 Å². The number of nitrogens with zero attached hydrogens (tertiary/aromatic N) is 1. The van der Waals surface area contributed by atoms with Gasteiger partial charge in [-0.3, -0.25) is 9.59 Å². The van der Waals surface area contributed by atoms with Gasteiger partial charge in [-0.25, -0.2) is 4.79 Å². The number of aromatic hydroxyl groups is 1. The third kappa shape index (κ3) is 6.50. The Balaban J connectivity index is 1.39. The van der Waals surface area contributed by atoms with Gasteiger partial charge in [0.25, 0.3) is 8.32 Å². The summed E-state index contributed by atoms with van der Waals surface area (Å²) in [7, 11) is -1.74. The lowest BCUT2D eigenvalue weighted by atomic mass is 9.69. The zero-order valence-electron chi connectivity index (χ0n) is 29.6. The summed E-state index contributed by atoms with van der Waals surface area (Å²) in [5, 5.41) is 11.8. The topological polar surface area (TPSA) is 102 Å². The van der Waals surface area contributed by atoms with E-state index in [1.54, 1.807) is 12.1 Å². The van der Waals surface area contributed by atoms with Crippen LogP contribution in [0.2, 0.25) is 5.04 Å². The van der Waals surface area contributed by atoms with Gasteiger partial charge in [0.2, 0.25) is 11.8 Å². The molecule has 50 heavy (non-hydrogen) atoms. The number of allylic oxidation sites excluding steroid dienone is 1. The van der Waals surface area contributed by atoms with Gasteiger partial charge in [-0.05, 0) is 69.9 Å². The van der Waals surface area contributed by atoms with Crippen molar-refractivity contribution in [3.63, 3.8) is 0 Å². The Labute approximate surface area is 295 Å². The van der Waals surface area contributed by atoms with E-state index in [0.717, 1.165) is 39.9 Å². The molecule has 3 aromatic carbocycles. The Kier molecular flexibility index (Phi) is 10.3. The number of carbonyl (C=O) groups excluding carboxylic acids is 3. The maximum atomic E-state index is 13.7. The fraction of sp³-hybridized carbons (Fsp3) is 0.390. The number of ether oxygens (including phenoxy) is 2. The average Bonchev–Trinajstić information content (AvgIpc) is 3.65. The minimum atomic E-state index is -2.93. The normalized spacial score (nSPS) is 22.5. The number of carbonyl (C=O) groups is 3. The van der Waals surface area contributed by atoms with Crippen LogP contribution in [0, 0.1) is 17.8 Å². The van der Waals surface area contributed by atoms with Crippen LogP contribution in [0.4, 0.5) is 4.79 Å². The van der Waals surface area contributed by atoms with Crippen LogP contribution in [0.25, 0.3) is 6.08 Å². The number of hydrogen-bond donors (Lipinski definition) is 1. The number of rotatable bonds is 10. The van der Waals surface area contributed by atoms with Crippen molar-refractivity contribution in [1.82, 2.24) is 4.90 Å². The number of phenols is 1. The van der Waals surface area contributed by atoms with Crippen molar-refractivity contribution in [2.24, 2.45) is 17.8 Å². The van der Waals surface area contributed by atoms with Crippen molar-refractivity contribution >= 4 is 42.7 Å². The van der Waals surface area contributed by atoms with E-state index < -0.39 is 38.1 Å². The van der Waals surface area contributed by atoms with E-state index in [2.05, 4.69) is 82.3 Å². The van der Waals surface area contributed by atoms with E-state index in [0.29, 0.717) is 24.3 Å². The third-order valence-corrected chi connectivity index (χ3v) is 15.7. The van der Waals surface area contributed by atoms with Crippen LogP contribution in [-0.4, -0.2) is 62.7 Å². The molecule has 8 nitrogen and oxygen atoms in total. The molecule has 1 aliphatic carbocycles. The van der Waals surface area contributed by atoms with Crippen LogP contribution < -0.4 is 10.4 Å². The second-order valence-electron chi connectivity index (χ2n) is 14.5. The Morgan fingerprint density at radius 2 is 1.56 bits per heavy atom. The first-order valence-electron chi connectivity index (χ1n) is 17.5. The lowest BCUT2D eigenvalue weighted by Gasteiger charge is -2.44. The van der Waals surface area contributed by atoms with E-state index in [4.69, 9.17) is 13.9 Å². The van der Waals surface area contributed by atoms with Gasteiger partial charge in [-0.15, -0.1) is 0 Å². The first-order chi connectivity index (χ1) is 24.0. The van der Waals surface area contributed by atoms with Gasteiger partial charge in [0, 0.05) is 5.92 Å². The molecule has 0 saturated carbocycles. The maximum Gasteiger partial charge on any atom is 0.423 e. The van der Waals surface area contributed by atoms with Crippen molar-refractivity contribution in [2.45, 2.75) is 64.5 Å². The summed E-state index contributed by atoms with van der Waals surface area (Å²) in [6.45, 7) is 9.41. The fourth-order valence-electron chi connectivity index (χ4n) is 8.31. The Morgan fingerprint density at radius 1 is 0.940 bits per heavy atom. The van der Waals surface area contributed by atoms with Crippen molar-refractivity contribution in [3.05, 3.63) is 107 Å². The van der Waals surface area contributed by atoms with Gasteiger partial charge < -0.3 is 19.0 Å². The largest absolute Gasteiger partial charge is 0.508 e. The summed E-state index contributed by atoms with van der Waals surface area (Å²) in [5.41, 5.74) is 4.28. The molecule has 0 unspecified atom stereocenters. The van der Waals surface area contributed by atoms with Crippen molar-refractivity contribution in [3.8, 4) is 5.75 Å². The van der Waals surface area contributed by atoms with Gasteiger partial charge >= 0.3 is 6.09 Å². The number of hydrogen-bond acceptors (Lipinski definition) is 7. The Bertz CT molecular complexity index is 1740. The number of imide groups is 3. The summed E-state index contributed by atoms with van der Waals surface area (Å²) in [6, 6.07) is 28.0. The zero-order chi connectivity index (χ0) is 35.6. The smallest absolute Gasteiger partial charge is 0.423 e. The minimum absolute atomic E-state index is 0.228. The van der Waals surface area contributed by atoms with E-state index >= 15 is 0 Å². The highest BCUT2D eigenvalue weighted by atomic mass is 28.4. The molecule has 4 atom stereocenters. The highest BCUT2D eigenvalue weighted by Crippen LogP contribution is 2.50. The molecule has 2 saturated heterocycles. The van der Waals surface area contributed by atoms with Crippen LogP contribution in [-0.2, 0) is 23.5 Å². The molecule has 6 rings (SSSR count). The van der Waals surface area contributed by atoms with E-state index in [-0.39, 0.29) is 29.4 Å². The monoisotopic (exact) mass is 693 g/mol. The second kappa shape index (κ2) is 14.5. The molecule has 2 heterocycles. The summed E-state index contributed by atoms with van der Waals surface area (Å²) in [4.78, 5) is 40.8. The first-order valence-corrected chi connectivity index (χ1v) is 19.4. The summed E-state index contributed by atoms with van der Waals surface area (Å²) < 4.78 is 18.8.